The van der Waals surface area contributed by atoms with Gasteiger partial charge in [-0.2, -0.15) is 0 Å². The SMILES string of the molecule is CCn1ccnc(N2CCCC2CCCCl)c1=O. The van der Waals surface area contributed by atoms with E-state index in [2.05, 4.69) is 9.88 Å². The molecule has 1 unspecified atom stereocenters. The van der Waals surface area contributed by atoms with Crippen molar-refractivity contribution in [1.82, 2.24) is 9.55 Å². The van der Waals surface area contributed by atoms with Crippen molar-refractivity contribution in [1.29, 1.82) is 0 Å². The third kappa shape index (κ3) is 2.69. The van der Waals surface area contributed by atoms with Gasteiger partial charge in [-0.05, 0) is 32.6 Å². The third-order valence-corrected chi connectivity index (χ3v) is 3.82. The van der Waals surface area contributed by atoms with Crippen molar-refractivity contribution in [2.24, 2.45) is 0 Å². The Bertz CT molecular complexity index is 446. The molecule has 0 aromatic carbocycles. The normalized spacial score (nSPS) is 19.4. The Morgan fingerprint density at radius 1 is 1.56 bits per heavy atom. The summed E-state index contributed by atoms with van der Waals surface area (Å²) in [6.45, 7) is 3.59. The number of alkyl halides is 1. The molecule has 1 aliphatic heterocycles. The van der Waals surface area contributed by atoms with Crippen LogP contribution in [0.2, 0.25) is 0 Å². The van der Waals surface area contributed by atoms with E-state index in [9.17, 15) is 4.79 Å². The van der Waals surface area contributed by atoms with Crippen molar-refractivity contribution in [2.75, 3.05) is 17.3 Å². The van der Waals surface area contributed by atoms with Gasteiger partial charge in [0.25, 0.3) is 5.56 Å². The Morgan fingerprint density at radius 3 is 3.11 bits per heavy atom. The van der Waals surface area contributed by atoms with E-state index in [0.717, 1.165) is 32.2 Å². The lowest BCUT2D eigenvalue weighted by Gasteiger charge is -2.25. The van der Waals surface area contributed by atoms with Crippen LogP contribution in [0.3, 0.4) is 0 Å². The van der Waals surface area contributed by atoms with Crippen molar-refractivity contribution in [2.45, 2.75) is 45.2 Å². The predicted octanol–water partition coefficient (Wildman–Crippen LogP) is 2.25. The van der Waals surface area contributed by atoms with Crippen molar-refractivity contribution >= 4 is 17.4 Å². The summed E-state index contributed by atoms with van der Waals surface area (Å²) in [7, 11) is 0. The first-order valence-corrected chi connectivity index (χ1v) is 7.19. The van der Waals surface area contributed by atoms with E-state index >= 15 is 0 Å². The van der Waals surface area contributed by atoms with E-state index in [-0.39, 0.29) is 5.56 Å². The molecule has 2 heterocycles. The fourth-order valence-corrected chi connectivity index (χ4v) is 2.76. The Hall–Kier alpha value is -1.03. The average Bonchev–Trinajstić information content (AvgIpc) is 2.84. The van der Waals surface area contributed by atoms with Gasteiger partial charge in [0.1, 0.15) is 0 Å². The average molecular weight is 270 g/mol. The highest BCUT2D eigenvalue weighted by Crippen LogP contribution is 2.24. The van der Waals surface area contributed by atoms with Crippen molar-refractivity contribution in [3.05, 3.63) is 22.7 Å². The molecule has 1 fully saturated rings. The summed E-state index contributed by atoms with van der Waals surface area (Å²) in [5, 5.41) is 0. The summed E-state index contributed by atoms with van der Waals surface area (Å²) in [5.74, 6) is 1.29. The predicted molar refractivity (Wildman–Crippen MR) is 74.5 cm³/mol. The van der Waals surface area contributed by atoms with Crippen LogP contribution in [-0.4, -0.2) is 28.0 Å². The van der Waals surface area contributed by atoms with Crippen LogP contribution < -0.4 is 10.5 Å². The topological polar surface area (TPSA) is 38.1 Å². The van der Waals surface area contributed by atoms with E-state index in [0.29, 0.717) is 24.3 Å². The molecule has 0 spiro atoms. The second-order valence-electron chi connectivity index (χ2n) is 4.66. The fraction of sp³-hybridized carbons (Fsp3) is 0.692. The lowest BCUT2D eigenvalue weighted by molar-refractivity contribution is 0.591. The molecule has 1 aromatic heterocycles. The third-order valence-electron chi connectivity index (χ3n) is 3.56. The number of aromatic nitrogens is 2. The molecule has 0 radical (unpaired) electrons. The highest BCUT2D eigenvalue weighted by Gasteiger charge is 2.27. The van der Waals surface area contributed by atoms with Crippen LogP contribution in [-0.2, 0) is 6.54 Å². The molecule has 4 nitrogen and oxygen atoms in total. The zero-order valence-electron chi connectivity index (χ0n) is 10.8. The zero-order valence-corrected chi connectivity index (χ0v) is 11.6. The van der Waals surface area contributed by atoms with Gasteiger partial charge in [0.2, 0.25) is 0 Å². The van der Waals surface area contributed by atoms with Gasteiger partial charge < -0.3 is 9.47 Å². The van der Waals surface area contributed by atoms with Crippen LogP contribution >= 0.6 is 11.6 Å². The van der Waals surface area contributed by atoms with Gasteiger partial charge in [0, 0.05) is 37.4 Å². The monoisotopic (exact) mass is 269 g/mol. The molecule has 0 saturated carbocycles. The zero-order chi connectivity index (χ0) is 13.0. The van der Waals surface area contributed by atoms with Gasteiger partial charge in [-0.25, -0.2) is 4.98 Å². The maximum atomic E-state index is 12.2. The van der Waals surface area contributed by atoms with Gasteiger partial charge in [-0.15, -0.1) is 11.6 Å². The highest BCUT2D eigenvalue weighted by molar-refractivity contribution is 6.17. The minimum absolute atomic E-state index is 0.0257. The second kappa shape index (κ2) is 6.23. The van der Waals surface area contributed by atoms with Crippen LogP contribution in [0.15, 0.2) is 17.2 Å². The molecular formula is C13H20ClN3O. The number of anilines is 1. The summed E-state index contributed by atoms with van der Waals surface area (Å²) in [6.07, 6.45) is 7.78. The molecule has 0 N–H and O–H groups in total. The second-order valence-corrected chi connectivity index (χ2v) is 5.04. The first-order chi connectivity index (χ1) is 8.77. The summed E-state index contributed by atoms with van der Waals surface area (Å²) in [4.78, 5) is 18.7. The lowest BCUT2D eigenvalue weighted by Crippen LogP contribution is -2.36. The molecule has 5 heteroatoms. The Balaban J connectivity index is 2.22. The van der Waals surface area contributed by atoms with E-state index in [1.807, 2.05) is 6.92 Å². The van der Waals surface area contributed by atoms with Gasteiger partial charge >= 0.3 is 0 Å². The largest absolute Gasteiger partial charge is 0.349 e. The molecule has 18 heavy (non-hydrogen) atoms. The fourth-order valence-electron chi connectivity index (χ4n) is 2.61. The first-order valence-electron chi connectivity index (χ1n) is 6.66. The van der Waals surface area contributed by atoms with Crippen molar-refractivity contribution in [3.8, 4) is 0 Å². The molecule has 1 saturated heterocycles. The summed E-state index contributed by atoms with van der Waals surface area (Å²) in [6, 6.07) is 0.427. The molecule has 100 valence electrons. The molecule has 1 aromatic rings. The van der Waals surface area contributed by atoms with Crippen LogP contribution in [0.1, 0.15) is 32.6 Å². The molecule has 1 atom stereocenters. The summed E-state index contributed by atoms with van der Waals surface area (Å²) < 4.78 is 1.71. The van der Waals surface area contributed by atoms with E-state index in [1.54, 1.807) is 17.0 Å². The molecule has 2 rings (SSSR count). The van der Waals surface area contributed by atoms with E-state index in [4.69, 9.17) is 11.6 Å². The van der Waals surface area contributed by atoms with Gasteiger partial charge in [0.15, 0.2) is 5.82 Å². The summed E-state index contributed by atoms with van der Waals surface area (Å²) >= 11 is 5.75. The molecule has 0 amide bonds. The van der Waals surface area contributed by atoms with Crippen molar-refractivity contribution in [3.63, 3.8) is 0 Å². The number of nitrogens with zero attached hydrogens (tertiary/aromatic N) is 3. The molecule has 1 aliphatic rings. The van der Waals surface area contributed by atoms with Gasteiger partial charge in [-0.3, -0.25) is 4.79 Å². The van der Waals surface area contributed by atoms with E-state index < -0.39 is 0 Å². The van der Waals surface area contributed by atoms with Crippen LogP contribution in [0, 0.1) is 0 Å². The molecule has 0 bridgehead atoms. The minimum Gasteiger partial charge on any atom is -0.349 e. The summed E-state index contributed by atoms with van der Waals surface area (Å²) in [5.41, 5.74) is 0.0257. The highest BCUT2D eigenvalue weighted by atomic mass is 35.5. The molecular weight excluding hydrogens is 250 g/mol. The number of hydrogen-bond acceptors (Lipinski definition) is 3. The first kappa shape index (κ1) is 13.4. The number of rotatable bonds is 5. The van der Waals surface area contributed by atoms with Gasteiger partial charge in [-0.1, -0.05) is 0 Å². The number of hydrogen-bond donors (Lipinski definition) is 0. The quantitative estimate of drug-likeness (QED) is 0.770. The van der Waals surface area contributed by atoms with E-state index in [1.165, 1.54) is 0 Å². The number of aryl methyl sites for hydroxylation is 1. The maximum Gasteiger partial charge on any atom is 0.293 e. The minimum atomic E-state index is 0.0257. The Kier molecular flexibility index (Phi) is 4.64. The maximum absolute atomic E-state index is 12.2. The number of halogens is 1. The van der Waals surface area contributed by atoms with Crippen LogP contribution in [0.25, 0.3) is 0 Å². The molecule has 0 aliphatic carbocycles. The Morgan fingerprint density at radius 2 is 2.39 bits per heavy atom. The standard InChI is InChI=1S/C13H20ClN3O/c1-2-16-10-8-15-12(13(16)18)17-9-4-6-11(17)5-3-7-14/h8,10-11H,2-7,9H2,1H3. The van der Waals surface area contributed by atoms with Crippen molar-refractivity contribution < 1.29 is 0 Å². The van der Waals surface area contributed by atoms with Gasteiger partial charge in [0.05, 0.1) is 0 Å². The Labute approximate surface area is 113 Å². The van der Waals surface area contributed by atoms with Crippen LogP contribution in [0.5, 0.6) is 0 Å². The smallest absolute Gasteiger partial charge is 0.293 e. The van der Waals surface area contributed by atoms with Crippen LogP contribution in [0.4, 0.5) is 5.82 Å². The lowest BCUT2D eigenvalue weighted by atomic mass is 10.1.